The van der Waals surface area contributed by atoms with E-state index in [1.54, 1.807) is 56.4 Å². The Morgan fingerprint density at radius 1 is 0.530 bits per heavy atom. The van der Waals surface area contributed by atoms with Crippen LogP contribution in [0.3, 0.4) is 0 Å². The third-order valence-electron chi connectivity index (χ3n) is 14.9. The molecule has 18 nitrogen and oxygen atoms in total. The van der Waals surface area contributed by atoms with Crippen molar-refractivity contribution < 1.29 is 28.8 Å². The number of aromatic nitrogens is 8. The number of carbonyl (C=O) groups excluding carboxylic acids is 6. The second kappa shape index (κ2) is 30.6. The fourth-order valence-electron chi connectivity index (χ4n) is 10.4. The first-order chi connectivity index (χ1) is 39.8. The van der Waals surface area contributed by atoms with Crippen LogP contribution < -0.4 is 3.58 Å². The summed E-state index contributed by atoms with van der Waals surface area (Å²) in [7, 11) is 0. The van der Waals surface area contributed by atoms with Crippen LogP contribution in [0.2, 0.25) is 23.4 Å². The summed E-state index contributed by atoms with van der Waals surface area (Å²) in [6.07, 6.45) is 24.6. The third kappa shape index (κ3) is 15.3. The summed E-state index contributed by atoms with van der Waals surface area (Å²) in [5.74, 6) is -2.72. The number of amides is 4. The van der Waals surface area contributed by atoms with Crippen molar-refractivity contribution in [2.24, 2.45) is 0 Å². The molecular weight excluding hydrogens is 1270 g/mol. The van der Waals surface area contributed by atoms with Crippen molar-refractivity contribution in [3.63, 3.8) is 0 Å². The fourth-order valence-corrected chi connectivity index (χ4v) is 26.7. The maximum Gasteiger partial charge on any atom is 0.295 e. The van der Waals surface area contributed by atoms with E-state index >= 15 is 0 Å². The minimum Gasteiger partial charge on any atom is -0.359 e. The Hall–Kier alpha value is -6.94. The number of piperazine rings is 2. The molecule has 10 rings (SSSR count). The second-order valence-electron chi connectivity index (χ2n) is 20.2. The normalized spacial score (nSPS) is 13.3. The zero-order valence-corrected chi connectivity index (χ0v) is 52.1. The molecule has 8 aromatic rings. The summed E-state index contributed by atoms with van der Waals surface area (Å²) in [4.78, 5) is 114. The van der Waals surface area contributed by atoms with Gasteiger partial charge in [0.25, 0.3) is 35.2 Å². The predicted molar refractivity (Wildman–Crippen MR) is 331 cm³/mol. The number of hydrogen-bond acceptors (Lipinski definition) is 12. The molecule has 0 unspecified atom stereocenters. The van der Waals surface area contributed by atoms with Crippen molar-refractivity contribution in [1.82, 2.24) is 59.5 Å². The number of nitrogens with one attached hydrogen (secondary N) is 2. The van der Waals surface area contributed by atoms with Gasteiger partial charge in [0.1, 0.15) is 10.9 Å². The van der Waals surface area contributed by atoms with E-state index in [-0.39, 0.29) is 48.5 Å². The van der Waals surface area contributed by atoms with E-state index in [2.05, 4.69) is 89.0 Å². The standard InChI is InChI=1S/C24H19ClN6O3.C20H16BrClN4O3.C4H3N2.3C4H9.CH4.Sn/c25-18-13-29-20(16-10-26-14-27-11-16)21-19(18)17(12-28-21)22(32)24(34)31-8-6-30(7-9-31)23(33)15-4-2-1-3-5-15;21-18-16-15(14(22)11-24-18)13(10-23-16)17(27)20(29)26-8-6-25(7-9-26)19(28)12-4-2-1-3-5-12;1-2-5-4-6-3-1;3*1-3-4-2;;/h1-5,10-14,28H,6-9H2;1-5,10-11,23H,6-9H2;2-4H;3*1,3-4H2,2H3;1H4;. The van der Waals surface area contributed by atoms with Gasteiger partial charge in [-0.15, -0.1) is 0 Å². The Morgan fingerprint density at radius 3 is 1.35 bits per heavy atom. The number of fused-ring (bicyclic) bond motifs is 2. The molecular formula is C61H69BrCl2N12O6Sn. The molecule has 2 aromatic carbocycles. The van der Waals surface area contributed by atoms with E-state index in [0.717, 1.165) is 0 Å². The smallest absolute Gasteiger partial charge is 0.295 e. The van der Waals surface area contributed by atoms with E-state index < -0.39 is 41.8 Å². The van der Waals surface area contributed by atoms with Crippen LogP contribution in [0.1, 0.15) is 108 Å². The summed E-state index contributed by atoms with van der Waals surface area (Å²) in [5, 5.41) is 1.43. The molecule has 2 aliphatic heterocycles. The third-order valence-corrected chi connectivity index (χ3v) is 31.6. The summed E-state index contributed by atoms with van der Waals surface area (Å²) in [6, 6.07) is 18.0. The quantitative estimate of drug-likeness (QED) is 0.0376. The molecule has 83 heavy (non-hydrogen) atoms. The number of ketones is 2. The van der Waals surface area contributed by atoms with Gasteiger partial charge in [0.15, 0.2) is 0 Å². The number of halogens is 3. The fraction of sp³-hybridized carbons (Fsp3) is 0.344. The minimum atomic E-state index is -2.22. The van der Waals surface area contributed by atoms with Crippen LogP contribution in [-0.2, 0) is 9.59 Å². The molecule has 0 atom stereocenters. The number of carbonyl (C=O) groups is 6. The topological polar surface area (TPSA) is 224 Å². The van der Waals surface area contributed by atoms with Gasteiger partial charge < -0.3 is 29.6 Å². The zero-order valence-electron chi connectivity index (χ0n) is 46.1. The van der Waals surface area contributed by atoms with Gasteiger partial charge in [-0.1, -0.05) is 67.0 Å². The molecule has 2 saturated heterocycles. The van der Waals surface area contributed by atoms with Gasteiger partial charge in [0, 0.05) is 117 Å². The van der Waals surface area contributed by atoms with E-state index in [1.807, 2.05) is 36.4 Å². The number of H-pyrrole nitrogens is 2. The predicted octanol–water partition coefficient (Wildman–Crippen LogP) is 11.2. The van der Waals surface area contributed by atoms with E-state index in [1.165, 1.54) is 92.7 Å². The molecule has 6 aromatic heterocycles. The van der Waals surface area contributed by atoms with Gasteiger partial charge in [-0.25, -0.2) is 15.0 Å². The maximum atomic E-state index is 13.2. The number of unbranched alkanes of at least 4 members (excludes halogenated alkanes) is 3. The largest absolute Gasteiger partial charge is 0.359 e. The van der Waals surface area contributed by atoms with E-state index in [4.69, 9.17) is 23.2 Å². The molecule has 434 valence electrons. The Kier molecular flexibility index (Phi) is 23.4. The van der Waals surface area contributed by atoms with Crippen molar-refractivity contribution in [2.45, 2.75) is 80.0 Å². The van der Waals surface area contributed by atoms with Crippen LogP contribution in [0.25, 0.3) is 33.1 Å². The number of Topliss-reactive ketones (excluding diaryl/α,β-unsaturated/α-hetero) is 2. The second-order valence-corrected chi connectivity index (χ2v) is 35.0. The SMILES string of the molecule is C.CCC[CH2][Sn]([CH2]CCC)([CH2]CCC)[c]1cncnc1.O=C(C(=O)N1CCN(C(=O)c2ccccc2)CC1)c1c[nH]c2c(-c3cncnc3)ncc(Cl)c12.O=C(C(=O)N1CCN(C(=O)c2ccccc2)CC1)c1c[nH]c2c(Br)ncc(Cl)c12. The van der Waals surface area contributed by atoms with Gasteiger partial charge >= 0.3 is 123 Å². The molecule has 0 bridgehead atoms. The van der Waals surface area contributed by atoms with Gasteiger partial charge in [0.2, 0.25) is 0 Å². The van der Waals surface area contributed by atoms with Crippen molar-refractivity contribution in [1.29, 1.82) is 0 Å². The molecule has 2 N–H and O–H groups in total. The molecule has 2 fully saturated rings. The Balaban J connectivity index is 0.000000185. The van der Waals surface area contributed by atoms with Crippen LogP contribution >= 0.6 is 39.1 Å². The summed E-state index contributed by atoms with van der Waals surface area (Å²) in [5.41, 5.74) is 3.85. The summed E-state index contributed by atoms with van der Waals surface area (Å²) in [6.45, 7) is 9.53. The molecule has 22 heteroatoms. The molecule has 0 saturated carbocycles. The molecule has 4 amide bonds. The number of benzene rings is 2. The summed E-state index contributed by atoms with van der Waals surface area (Å²) < 4.78 is 6.58. The van der Waals surface area contributed by atoms with Crippen LogP contribution in [0.15, 0.2) is 127 Å². The van der Waals surface area contributed by atoms with Crippen LogP contribution in [0, 0.1) is 0 Å². The average Bonchev–Trinajstić information content (AvgIpc) is 3.71. The van der Waals surface area contributed by atoms with Crippen LogP contribution in [-0.4, -0.2) is 165 Å². The summed E-state index contributed by atoms with van der Waals surface area (Å²) >= 11 is 13.7. The first-order valence-corrected chi connectivity index (χ1v) is 36.7. The van der Waals surface area contributed by atoms with Crippen LogP contribution in [0.5, 0.6) is 0 Å². The van der Waals surface area contributed by atoms with Gasteiger partial charge in [-0.05, 0) is 40.2 Å². The number of hydrogen-bond donors (Lipinski definition) is 2. The number of nitrogens with zero attached hydrogens (tertiary/aromatic N) is 10. The molecule has 0 radical (unpaired) electrons. The first-order valence-electron chi connectivity index (χ1n) is 27.6. The molecule has 8 heterocycles. The molecule has 0 aliphatic carbocycles. The van der Waals surface area contributed by atoms with Gasteiger partial charge in [0.05, 0.1) is 37.9 Å². The number of aromatic amines is 2. The molecule has 2 aliphatic rings. The van der Waals surface area contributed by atoms with Crippen molar-refractivity contribution in [3.8, 4) is 11.3 Å². The van der Waals surface area contributed by atoms with Crippen molar-refractivity contribution >= 4 is 118 Å². The van der Waals surface area contributed by atoms with E-state index in [0.29, 0.717) is 93.1 Å². The van der Waals surface area contributed by atoms with Crippen molar-refractivity contribution in [3.05, 3.63) is 160 Å². The van der Waals surface area contributed by atoms with Crippen molar-refractivity contribution in [2.75, 3.05) is 52.4 Å². The van der Waals surface area contributed by atoms with Crippen LogP contribution in [0.4, 0.5) is 0 Å². The number of rotatable bonds is 17. The molecule has 0 spiro atoms. The van der Waals surface area contributed by atoms with E-state index in [9.17, 15) is 28.8 Å². The monoisotopic (exact) mass is 1330 g/mol. The maximum absolute atomic E-state index is 13.2. The Bertz CT molecular complexity index is 3470. The zero-order chi connectivity index (χ0) is 58.2. The average molecular weight is 1340 g/mol. The number of pyridine rings is 2. The Labute approximate surface area is 506 Å². The minimum absolute atomic E-state index is 0. The first kappa shape index (κ1) is 63.6. The van der Waals surface area contributed by atoms with Gasteiger partial charge in [-0.3, -0.25) is 33.8 Å². The van der Waals surface area contributed by atoms with Gasteiger partial charge in [-0.2, -0.15) is 0 Å². The Morgan fingerprint density at radius 2 is 0.916 bits per heavy atom.